The molecule has 8 nitrogen and oxygen atoms in total. The van der Waals surface area contributed by atoms with Crippen molar-refractivity contribution in [3.05, 3.63) is 121 Å². The number of para-hydroxylation sites is 1. The molecule has 0 saturated carbocycles. The summed E-state index contributed by atoms with van der Waals surface area (Å²) in [4.78, 5) is 30.6. The Hall–Kier alpha value is -4.89. The van der Waals surface area contributed by atoms with E-state index in [4.69, 9.17) is 9.84 Å². The Balaban J connectivity index is 1.41. The molecule has 1 unspecified atom stereocenters. The molecule has 0 aliphatic carbocycles. The summed E-state index contributed by atoms with van der Waals surface area (Å²) in [6, 6.07) is 24.9. The van der Waals surface area contributed by atoms with Crippen molar-refractivity contribution in [3.63, 3.8) is 0 Å². The second-order valence-electron chi connectivity index (χ2n) is 9.41. The molecule has 4 heterocycles. The highest BCUT2D eigenvalue weighted by molar-refractivity contribution is 7.15. The maximum Gasteiger partial charge on any atom is 0.300 e. The number of fused-ring (bicyclic) bond motifs is 2. The second-order valence-corrected chi connectivity index (χ2v) is 10.4. The zero-order valence-corrected chi connectivity index (χ0v) is 21.6. The third-order valence-electron chi connectivity index (χ3n) is 6.65. The van der Waals surface area contributed by atoms with Crippen LogP contribution < -0.4 is 20.4 Å². The van der Waals surface area contributed by atoms with Gasteiger partial charge in [0.25, 0.3) is 5.56 Å². The fourth-order valence-electron chi connectivity index (χ4n) is 4.83. The Morgan fingerprint density at radius 2 is 1.69 bits per heavy atom. The van der Waals surface area contributed by atoms with Gasteiger partial charge in [0.2, 0.25) is 4.96 Å². The van der Waals surface area contributed by atoms with Gasteiger partial charge in [-0.15, -0.1) is 0 Å². The van der Waals surface area contributed by atoms with Crippen LogP contribution in [-0.2, 0) is 6.42 Å². The highest BCUT2D eigenvalue weighted by Gasteiger charge is 2.21. The zero-order valence-electron chi connectivity index (χ0n) is 20.8. The summed E-state index contributed by atoms with van der Waals surface area (Å²) in [7, 11) is 0. The molecular weight excluding hydrogens is 510 g/mol. The minimum Gasteiger partial charge on any atom is -0.490 e. The number of hydrogen-bond donors (Lipinski definition) is 0. The Morgan fingerprint density at radius 3 is 2.49 bits per heavy atom. The van der Waals surface area contributed by atoms with Crippen molar-refractivity contribution in [2.24, 2.45) is 0 Å². The summed E-state index contributed by atoms with van der Waals surface area (Å²) < 4.78 is 9.30. The topological polar surface area (TPSA) is 91.4 Å². The molecule has 3 aromatic carbocycles. The first-order valence-electron chi connectivity index (χ1n) is 12.5. The fraction of sp³-hybridized carbons (Fsp3) is 0.100. The van der Waals surface area contributed by atoms with Crippen LogP contribution in [0.5, 0.6) is 5.75 Å². The minimum atomic E-state index is -0.471. The number of ether oxygens (including phenoxy) is 1. The van der Waals surface area contributed by atoms with E-state index in [9.17, 15) is 9.59 Å². The van der Waals surface area contributed by atoms with Crippen LogP contribution in [0, 0.1) is 0 Å². The lowest BCUT2D eigenvalue weighted by Gasteiger charge is -2.04. The quantitative estimate of drug-likeness (QED) is 0.343. The predicted octanol–water partition coefficient (Wildman–Crippen LogP) is 3.90. The van der Waals surface area contributed by atoms with E-state index >= 15 is 0 Å². The van der Waals surface area contributed by atoms with Crippen LogP contribution in [0.15, 0.2) is 94.6 Å². The number of thiazole rings is 1. The van der Waals surface area contributed by atoms with Gasteiger partial charge in [-0.3, -0.25) is 9.59 Å². The van der Waals surface area contributed by atoms with Crippen molar-refractivity contribution in [3.8, 4) is 34.0 Å². The van der Waals surface area contributed by atoms with Gasteiger partial charge in [-0.25, -0.2) is 4.68 Å². The van der Waals surface area contributed by atoms with Crippen molar-refractivity contribution in [1.82, 2.24) is 24.4 Å². The largest absolute Gasteiger partial charge is 0.490 e. The predicted molar refractivity (Wildman–Crippen MR) is 150 cm³/mol. The third-order valence-corrected chi connectivity index (χ3v) is 7.61. The second kappa shape index (κ2) is 9.14. The average molecular weight is 532 g/mol. The normalized spacial score (nSPS) is 15.0. The van der Waals surface area contributed by atoms with Crippen molar-refractivity contribution in [1.29, 1.82) is 0 Å². The van der Waals surface area contributed by atoms with Crippen molar-refractivity contribution in [2.75, 3.05) is 0 Å². The van der Waals surface area contributed by atoms with Gasteiger partial charge in [-0.1, -0.05) is 59.9 Å². The number of benzene rings is 3. The van der Waals surface area contributed by atoms with E-state index in [0.29, 0.717) is 10.1 Å². The molecule has 0 bridgehead atoms. The first-order valence-corrected chi connectivity index (χ1v) is 13.3. The Kier molecular flexibility index (Phi) is 5.45. The maximum atomic E-state index is 13.4. The van der Waals surface area contributed by atoms with Gasteiger partial charge >= 0.3 is 5.56 Å². The van der Waals surface area contributed by atoms with Gasteiger partial charge in [0.05, 0.1) is 10.2 Å². The summed E-state index contributed by atoms with van der Waals surface area (Å²) in [5.41, 5.74) is 4.40. The first-order chi connectivity index (χ1) is 19.0. The Labute approximate surface area is 226 Å². The number of aromatic nitrogens is 5. The smallest absolute Gasteiger partial charge is 0.300 e. The zero-order chi connectivity index (χ0) is 26.5. The first kappa shape index (κ1) is 23.2. The number of hydrogen-bond acceptors (Lipinski definition) is 7. The van der Waals surface area contributed by atoms with Crippen LogP contribution in [0.1, 0.15) is 18.1 Å². The van der Waals surface area contributed by atoms with E-state index < -0.39 is 5.56 Å². The van der Waals surface area contributed by atoms with E-state index in [1.165, 1.54) is 4.52 Å². The van der Waals surface area contributed by atoms with E-state index in [2.05, 4.69) is 23.1 Å². The van der Waals surface area contributed by atoms with Gasteiger partial charge in [-0.2, -0.15) is 19.7 Å². The van der Waals surface area contributed by atoms with Gasteiger partial charge in [-0.05, 0) is 48.9 Å². The summed E-state index contributed by atoms with van der Waals surface area (Å²) >= 11 is 1.13. The van der Waals surface area contributed by atoms with E-state index in [-0.39, 0.29) is 22.3 Å². The number of rotatable bonds is 4. The van der Waals surface area contributed by atoms with E-state index in [1.807, 2.05) is 66.9 Å². The fourth-order valence-corrected chi connectivity index (χ4v) is 5.72. The molecule has 1 aliphatic rings. The van der Waals surface area contributed by atoms with Crippen LogP contribution in [0.2, 0.25) is 0 Å². The van der Waals surface area contributed by atoms with Gasteiger partial charge in [0.1, 0.15) is 17.5 Å². The summed E-state index contributed by atoms with van der Waals surface area (Å²) in [6.45, 7) is 2.05. The molecule has 0 fully saturated rings. The lowest BCUT2D eigenvalue weighted by molar-refractivity contribution is 0.254. The molecule has 1 atom stereocenters. The van der Waals surface area contributed by atoms with Crippen LogP contribution in [-0.4, -0.2) is 30.5 Å². The molecule has 0 saturated heterocycles. The van der Waals surface area contributed by atoms with Crippen LogP contribution >= 0.6 is 11.3 Å². The molecule has 0 amide bonds. The standard InChI is InChI=1S/C30H21N5O3S/c1-18-14-21-15-20(12-13-24(21)38-18)26-22(17-34(32-26)23-10-6-3-7-11-23)16-25-29(37)35-30(39-25)31-28(36)27(33-35)19-8-4-2-5-9-19/h2-13,15-18H,14H2,1H3. The Morgan fingerprint density at radius 1 is 0.923 bits per heavy atom. The van der Waals surface area contributed by atoms with Crippen LogP contribution in [0.25, 0.3) is 39.2 Å². The summed E-state index contributed by atoms with van der Waals surface area (Å²) in [5, 5.41) is 9.27. The van der Waals surface area contributed by atoms with E-state index in [1.54, 1.807) is 22.9 Å². The molecular formula is C30H21N5O3S. The molecule has 0 radical (unpaired) electrons. The molecule has 7 rings (SSSR count). The highest BCUT2D eigenvalue weighted by Crippen LogP contribution is 2.34. The third kappa shape index (κ3) is 4.13. The minimum absolute atomic E-state index is 0.133. The van der Waals surface area contributed by atoms with Crippen molar-refractivity contribution in [2.45, 2.75) is 19.4 Å². The highest BCUT2D eigenvalue weighted by atomic mass is 32.1. The molecule has 39 heavy (non-hydrogen) atoms. The SMILES string of the molecule is CC1Cc2cc(-c3nn(-c4ccccc4)cc3C=c3sc4nc(=O)c(-c5ccccc5)nn4c3=O)ccc2O1. The van der Waals surface area contributed by atoms with Gasteiger partial charge < -0.3 is 4.74 Å². The van der Waals surface area contributed by atoms with Crippen molar-refractivity contribution >= 4 is 22.4 Å². The lowest BCUT2D eigenvalue weighted by atomic mass is 10.0. The number of nitrogens with zero attached hydrogens (tertiary/aromatic N) is 5. The molecule has 0 spiro atoms. The molecule has 3 aromatic heterocycles. The molecule has 190 valence electrons. The summed E-state index contributed by atoms with van der Waals surface area (Å²) in [5.74, 6) is 0.891. The molecule has 1 aliphatic heterocycles. The van der Waals surface area contributed by atoms with E-state index in [0.717, 1.165) is 51.6 Å². The molecule has 0 N–H and O–H groups in total. The van der Waals surface area contributed by atoms with Crippen LogP contribution in [0.3, 0.4) is 0 Å². The Bertz CT molecular complexity index is 2030. The van der Waals surface area contributed by atoms with Crippen LogP contribution in [0.4, 0.5) is 0 Å². The van der Waals surface area contributed by atoms with Gasteiger partial charge in [0.15, 0.2) is 5.69 Å². The monoisotopic (exact) mass is 531 g/mol. The average Bonchev–Trinajstić information content (AvgIpc) is 3.63. The van der Waals surface area contributed by atoms with Gasteiger partial charge in [0, 0.05) is 29.3 Å². The lowest BCUT2D eigenvalue weighted by Crippen LogP contribution is -2.26. The van der Waals surface area contributed by atoms with Crippen molar-refractivity contribution < 1.29 is 4.74 Å². The maximum absolute atomic E-state index is 13.4. The summed E-state index contributed by atoms with van der Waals surface area (Å²) in [6.07, 6.45) is 4.66. The molecule has 6 aromatic rings. The molecule has 9 heteroatoms.